The molecule has 5 nitrogen and oxygen atoms in total. The van der Waals surface area contributed by atoms with E-state index in [1.807, 2.05) is 13.8 Å². The molecule has 0 radical (unpaired) electrons. The molecule has 1 aromatic rings. The van der Waals surface area contributed by atoms with Crippen molar-refractivity contribution in [1.82, 2.24) is 10.0 Å². The second-order valence-electron chi connectivity index (χ2n) is 6.30. The number of hydrogen-bond donors (Lipinski definition) is 2. The van der Waals surface area contributed by atoms with Gasteiger partial charge in [0.25, 0.3) is 0 Å². The molecule has 1 fully saturated rings. The van der Waals surface area contributed by atoms with Crippen LogP contribution in [0.2, 0.25) is 0 Å². The summed E-state index contributed by atoms with van der Waals surface area (Å²) in [5, 5.41) is 3.22. The molecular formula is C15H26N2O3S. The van der Waals surface area contributed by atoms with E-state index in [4.69, 9.17) is 4.42 Å². The van der Waals surface area contributed by atoms with E-state index in [2.05, 4.69) is 17.0 Å². The lowest BCUT2D eigenvalue weighted by molar-refractivity contribution is 0.442. The third-order valence-corrected chi connectivity index (χ3v) is 5.66. The van der Waals surface area contributed by atoms with Crippen LogP contribution in [0.1, 0.15) is 51.6 Å². The van der Waals surface area contributed by atoms with Gasteiger partial charge in [-0.2, -0.15) is 0 Å². The Bertz CT molecular complexity index is 578. The maximum Gasteiger partial charge on any atom is 0.244 e. The second kappa shape index (κ2) is 6.50. The highest BCUT2D eigenvalue weighted by Gasteiger charge is 2.30. The fourth-order valence-corrected chi connectivity index (χ4v) is 4.35. The summed E-state index contributed by atoms with van der Waals surface area (Å²) in [5.41, 5.74) is 0. The maximum absolute atomic E-state index is 12.5. The van der Waals surface area contributed by atoms with E-state index < -0.39 is 10.0 Å². The lowest BCUT2D eigenvalue weighted by Crippen LogP contribution is -2.36. The zero-order chi connectivity index (χ0) is 15.6. The Labute approximate surface area is 127 Å². The summed E-state index contributed by atoms with van der Waals surface area (Å²) in [6.45, 7) is 8.41. The molecule has 6 heteroatoms. The zero-order valence-corrected chi connectivity index (χ0v) is 14.1. The van der Waals surface area contributed by atoms with Gasteiger partial charge in [0.05, 0.1) is 6.54 Å². The SMILES string of the molecule is Cc1oc(CNC(C)C)cc1S(=O)(=O)NC1CCCC1C. The van der Waals surface area contributed by atoms with Crippen LogP contribution in [0.15, 0.2) is 15.4 Å². The Morgan fingerprint density at radius 2 is 2.10 bits per heavy atom. The van der Waals surface area contributed by atoms with Crippen molar-refractivity contribution in [3.8, 4) is 0 Å². The minimum absolute atomic E-state index is 0.0431. The quantitative estimate of drug-likeness (QED) is 0.846. The summed E-state index contributed by atoms with van der Waals surface area (Å²) in [4.78, 5) is 0.266. The van der Waals surface area contributed by atoms with Gasteiger partial charge < -0.3 is 9.73 Å². The smallest absolute Gasteiger partial charge is 0.244 e. The molecule has 1 heterocycles. The Balaban J connectivity index is 2.12. The lowest BCUT2D eigenvalue weighted by atomic mass is 10.1. The van der Waals surface area contributed by atoms with Gasteiger partial charge in [-0.05, 0) is 25.7 Å². The van der Waals surface area contributed by atoms with Crippen molar-refractivity contribution < 1.29 is 12.8 Å². The molecule has 120 valence electrons. The minimum atomic E-state index is -3.50. The lowest BCUT2D eigenvalue weighted by Gasteiger charge is -2.16. The van der Waals surface area contributed by atoms with Crippen LogP contribution in [-0.4, -0.2) is 20.5 Å². The topological polar surface area (TPSA) is 71.3 Å². The van der Waals surface area contributed by atoms with Crippen molar-refractivity contribution in [2.24, 2.45) is 5.92 Å². The summed E-state index contributed by atoms with van der Waals surface area (Å²) in [5.74, 6) is 1.50. The highest BCUT2D eigenvalue weighted by Crippen LogP contribution is 2.27. The van der Waals surface area contributed by atoms with Crippen molar-refractivity contribution in [2.75, 3.05) is 0 Å². The van der Waals surface area contributed by atoms with Gasteiger partial charge in [0.1, 0.15) is 16.4 Å². The fourth-order valence-electron chi connectivity index (χ4n) is 2.77. The van der Waals surface area contributed by atoms with E-state index >= 15 is 0 Å². The molecule has 1 aliphatic rings. The highest BCUT2D eigenvalue weighted by atomic mass is 32.2. The van der Waals surface area contributed by atoms with Gasteiger partial charge in [-0.1, -0.05) is 27.2 Å². The number of furan rings is 1. The Morgan fingerprint density at radius 1 is 1.38 bits per heavy atom. The number of rotatable bonds is 6. The first-order valence-electron chi connectivity index (χ1n) is 7.64. The molecule has 0 bridgehead atoms. The van der Waals surface area contributed by atoms with Gasteiger partial charge in [-0.3, -0.25) is 0 Å². The summed E-state index contributed by atoms with van der Waals surface area (Å²) in [7, 11) is -3.50. The van der Waals surface area contributed by atoms with Crippen molar-refractivity contribution in [2.45, 2.75) is 70.5 Å². The van der Waals surface area contributed by atoms with Crippen LogP contribution < -0.4 is 10.0 Å². The van der Waals surface area contributed by atoms with E-state index in [9.17, 15) is 8.42 Å². The fraction of sp³-hybridized carbons (Fsp3) is 0.733. The average molecular weight is 314 g/mol. The predicted molar refractivity (Wildman–Crippen MR) is 82.5 cm³/mol. The van der Waals surface area contributed by atoms with Crippen molar-refractivity contribution in [3.05, 3.63) is 17.6 Å². The molecule has 0 amide bonds. The van der Waals surface area contributed by atoms with Crippen LogP contribution in [0.3, 0.4) is 0 Å². The van der Waals surface area contributed by atoms with E-state index in [1.54, 1.807) is 13.0 Å². The standard InChI is InChI=1S/C15H26N2O3S/c1-10(2)16-9-13-8-15(12(4)20-13)21(18,19)17-14-7-5-6-11(14)3/h8,10-11,14,16-17H,5-7,9H2,1-4H3. The maximum atomic E-state index is 12.5. The molecular weight excluding hydrogens is 288 g/mol. The summed E-state index contributed by atoms with van der Waals surface area (Å²) >= 11 is 0. The van der Waals surface area contributed by atoms with Gasteiger partial charge in [-0.15, -0.1) is 0 Å². The van der Waals surface area contributed by atoms with Gasteiger partial charge in [0.15, 0.2) is 0 Å². The van der Waals surface area contributed by atoms with Crippen LogP contribution >= 0.6 is 0 Å². The molecule has 2 unspecified atom stereocenters. The summed E-state index contributed by atoms with van der Waals surface area (Å²) < 4.78 is 33.4. The molecule has 1 aromatic heterocycles. The summed E-state index contributed by atoms with van der Waals surface area (Å²) in [6, 6.07) is 2.00. The predicted octanol–water partition coefficient (Wildman–Crippen LogP) is 2.55. The van der Waals surface area contributed by atoms with Gasteiger partial charge in [-0.25, -0.2) is 13.1 Å². The molecule has 1 aliphatic carbocycles. The molecule has 0 aliphatic heterocycles. The average Bonchev–Trinajstić information content (AvgIpc) is 2.94. The van der Waals surface area contributed by atoms with Crippen LogP contribution in [-0.2, 0) is 16.6 Å². The monoisotopic (exact) mass is 314 g/mol. The first-order chi connectivity index (χ1) is 9.79. The van der Waals surface area contributed by atoms with Crippen LogP contribution in [0, 0.1) is 12.8 Å². The van der Waals surface area contributed by atoms with E-state index in [0.717, 1.165) is 19.3 Å². The van der Waals surface area contributed by atoms with Gasteiger partial charge in [0, 0.05) is 18.2 Å². The normalized spacial score (nSPS) is 23.1. The number of hydrogen-bond acceptors (Lipinski definition) is 4. The molecule has 21 heavy (non-hydrogen) atoms. The Morgan fingerprint density at radius 3 is 2.67 bits per heavy atom. The number of aryl methyl sites for hydroxylation is 1. The molecule has 1 saturated carbocycles. The zero-order valence-electron chi connectivity index (χ0n) is 13.3. The highest BCUT2D eigenvalue weighted by molar-refractivity contribution is 7.89. The second-order valence-corrected chi connectivity index (χ2v) is 7.99. The first kappa shape index (κ1) is 16.5. The van der Waals surface area contributed by atoms with Gasteiger partial charge in [0.2, 0.25) is 10.0 Å². The van der Waals surface area contributed by atoms with E-state index in [-0.39, 0.29) is 10.9 Å². The molecule has 2 N–H and O–H groups in total. The van der Waals surface area contributed by atoms with Crippen molar-refractivity contribution >= 4 is 10.0 Å². The van der Waals surface area contributed by atoms with Crippen molar-refractivity contribution in [3.63, 3.8) is 0 Å². The number of nitrogens with one attached hydrogen (secondary N) is 2. The van der Waals surface area contributed by atoms with Crippen LogP contribution in [0.25, 0.3) is 0 Å². The molecule has 2 rings (SSSR count). The summed E-state index contributed by atoms with van der Waals surface area (Å²) in [6.07, 6.45) is 3.09. The van der Waals surface area contributed by atoms with E-state index in [0.29, 0.717) is 30.0 Å². The van der Waals surface area contributed by atoms with Gasteiger partial charge >= 0.3 is 0 Å². The molecule has 0 aromatic carbocycles. The third-order valence-electron chi connectivity index (χ3n) is 4.07. The largest absolute Gasteiger partial charge is 0.464 e. The Hall–Kier alpha value is -0.850. The first-order valence-corrected chi connectivity index (χ1v) is 9.13. The molecule has 0 spiro atoms. The van der Waals surface area contributed by atoms with E-state index in [1.165, 1.54) is 0 Å². The Kier molecular flexibility index (Phi) is 5.11. The minimum Gasteiger partial charge on any atom is -0.464 e. The van der Waals surface area contributed by atoms with Crippen LogP contribution in [0.5, 0.6) is 0 Å². The van der Waals surface area contributed by atoms with Crippen LogP contribution in [0.4, 0.5) is 0 Å². The number of sulfonamides is 1. The molecule has 2 atom stereocenters. The molecule has 0 saturated heterocycles. The van der Waals surface area contributed by atoms with Crippen molar-refractivity contribution in [1.29, 1.82) is 0 Å². The third kappa shape index (κ3) is 4.08.